The zero-order chi connectivity index (χ0) is 20.9. The lowest BCUT2D eigenvalue weighted by Gasteiger charge is -2.17. The minimum atomic E-state index is -0.514. The van der Waals surface area contributed by atoms with Gasteiger partial charge in [-0.05, 0) is 24.6 Å². The minimum Gasteiger partial charge on any atom is -0.351 e. The van der Waals surface area contributed by atoms with Crippen molar-refractivity contribution in [3.8, 4) is 0 Å². The zero-order valence-electron chi connectivity index (χ0n) is 16.0. The third-order valence-corrected chi connectivity index (χ3v) is 4.68. The molecule has 0 bridgehead atoms. The van der Waals surface area contributed by atoms with Crippen LogP contribution >= 0.6 is 0 Å². The highest BCUT2D eigenvalue weighted by Gasteiger charge is 2.28. The van der Waals surface area contributed by atoms with Crippen LogP contribution in [0.5, 0.6) is 0 Å². The molecule has 8 nitrogen and oxygen atoms in total. The van der Waals surface area contributed by atoms with Crippen molar-refractivity contribution in [1.82, 2.24) is 15.6 Å². The van der Waals surface area contributed by atoms with Crippen LogP contribution in [0.2, 0.25) is 0 Å². The van der Waals surface area contributed by atoms with Crippen LogP contribution in [-0.2, 0) is 9.59 Å². The molecule has 4 rings (SSSR count). The van der Waals surface area contributed by atoms with E-state index in [-0.39, 0.29) is 11.7 Å². The van der Waals surface area contributed by atoms with E-state index >= 15 is 0 Å². The van der Waals surface area contributed by atoms with Crippen molar-refractivity contribution < 1.29 is 14.4 Å². The van der Waals surface area contributed by atoms with Crippen LogP contribution in [-0.4, -0.2) is 47.3 Å². The van der Waals surface area contributed by atoms with E-state index in [4.69, 9.17) is 0 Å². The van der Waals surface area contributed by atoms with Crippen molar-refractivity contribution >= 4 is 40.2 Å². The van der Waals surface area contributed by atoms with Gasteiger partial charge in [0.05, 0.1) is 11.2 Å². The molecular formula is C22H19N5O3. The number of amides is 3. The molecule has 30 heavy (non-hydrogen) atoms. The number of benzene rings is 1. The van der Waals surface area contributed by atoms with Crippen molar-refractivity contribution in [3.05, 3.63) is 66.4 Å². The van der Waals surface area contributed by atoms with Crippen molar-refractivity contribution in [1.29, 1.82) is 0 Å². The first-order valence-electron chi connectivity index (χ1n) is 9.60. The number of fused-ring (bicyclic) bond motifs is 2. The van der Waals surface area contributed by atoms with Gasteiger partial charge in [0.1, 0.15) is 11.6 Å². The molecule has 2 heterocycles. The Kier molecular flexibility index (Phi) is 5.56. The largest absolute Gasteiger partial charge is 0.351 e. The molecule has 1 aliphatic heterocycles. The number of carbonyl (C=O) groups excluding carboxylic acids is 3. The average Bonchev–Trinajstić information content (AvgIpc) is 2.78. The molecule has 0 radical (unpaired) electrons. The molecule has 1 unspecified atom stereocenters. The van der Waals surface area contributed by atoms with E-state index in [2.05, 4.69) is 25.6 Å². The van der Waals surface area contributed by atoms with E-state index in [9.17, 15) is 14.4 Å². The number of nitrogens with one attached hydrogen (secondary N) is 2. The Balaban J connectivity index is 1.24. The van der Waals surface area contributed by atoms with Gasteiger partial charge in [0.25, 0.3) is 17.7 Å². The van der Waals surface area contributed by atoms with Crippen LogP contribution in [0, 0.1) is 5.92 Å². The first-order chi connectivity index (χ1) is 14.6. The monoisotopic (exact) mass is 401 g/mol. The molecule has 0 saturated heterocycles. The zero-order valence-corrected chi connectivity index (χ0v) is 16.0. The van der Waals surface area contributed by atoms with Crippen LogP contribution in [0.15, 0.2) is 70.7 Å². The van der Waals surface area contributed by atoms with Crippen molar-refractivity contribution in [2.24, 2.45) is 15.9 Å². The predicted octanol–water partition coefficient (Wildman–Crippen LogP) is 1.59. The van der Waals surface area contributed by atoms with Gasteiger partial charge in [-0.25, -0.2) is 9.98 Å². The summed E-state index contributed by atoms with van der Waals surface area (Å²) in [4.78, 5) is 48.8. The lowest BCUT2D eigenvalue weighted by molar-refractivity contribution is -0.119. The molecule has 0 saturated carbocycles. The Morgan fingerprint density at radius 1 is 0.933 bits per heavy atom. The highest BCUT2D eigenvalue weighted by molar-refractivity contribution is 6.44. The van der Waals surface area contributed by atoms with Crippen LogP contribution in [0.3, 0.4) is 0 Å². The summed E-state index contributed by atoms with van der Waals surface area (Å²) in [6, 6.07) is 11.1. The van der Waals surface area contributed by atoms with Crippen molar-refractivity contribution in [3.63, 3.8) is 0 Å². The Bertz CT molecular complexity index is 1150. The molecule has 1 aliphatic carbocycles. The minimum absolute atomic E-state index is 0.143. The summed E-state index contributed by atoms with van der Waals surface area (Å²) in [5.74, 6) is -1.84. The van der Waals surface area contributed by atoms with E-state index in [1.54, 1.807) is 30.4 Å². The molecule has 8 heteroatoms. The van der Waals surface area contributed by atoms with Gasteiger partial charge in [-0.15, -0.1) is 0 Å². The molecule has 3 amide bonds. The number of para-hydroxylation sites is 1. The topological polar surface area (TPSA) is 113 Å². The van der Waals surface area contributed by atoms with Gasteiger partial charge in [0.15, 0.2) is 0 Å². The SMILES string of the molecule is O=C(NCCCNC(=O)c1ccc2ccccc2n1)C1=NC(=O)C2C=CC=CC2=N1. The maximum atomic E-state index is 12.3. The van der Waals surface area contributed by atoms with E-state index in [0.29, 0.717) is 30.9 Å². The number of hydrogen-bond donors (Lipinski definition) is 2. The number of nitrogens with zero attached hydrogens (tertiary/aromatic N) is 3. The second-order valence-electron chi connectivity index (χ2n) is 6.79. The highest BCUT2D eigenvalue weighted by Crippen LogP contribution is 2.16. The average molecular weight is 401 g/mol. The van der Waals surface area contributed by atoms with Gasteiger partial charge in [0.2, 0.25) is 5.84 Å². The third kappa shape index (κ3) is 4.22. The molecule has 0 fully saturated rings. The molecule has 150 valence electrons. The van der Waals surface area contributed by atoms with Crippen LogP contribution in [0.4, 0.5) is 0 Å². The standard InChI is InChI=1S/C22H19N5O3/c28-20-15-7-2-4-9-17(15)26-19(27-20)22(30)24-13-5-12-23-21(29)18-11-10-14-6-1-3-8-16(14)25-18/h1-4,6-11,15H,5,12-13H2,(H,23,29)(H,24,30). The van der Waals surface area contributed by atoms with Gasteiger partial charge in [-0.3, -0.25) is 14.4 Å². The Morgan fingerprint density at radius 2 is 1.73 bits per heavy atom. The number of rotatable bonds is 6. The van der Waals surface area contributed by atoms with Crippen molar-refractivity contribution in [2.75, 3.05) is 13.1 Å². The van der Waals surface area contributed by atoms with Gasteiger partial charge >= 0.3 is 0 Å². The van der Waals surface area contributed by atoms with Crippen LogP contribution in [0.1, 0.15) is 16.9 Å². The maximum Gasteiger partial charge on any atom is 0.289 e. The number of amidine groups is 1. The number of pyridine rings is 1. The molecule has 0 spiro atoms. The summed E-state index contributed by atoms with van der Waals surface area (Å²) in [6.07, 6.45) is 7.42. The maximum absolute atomic E-state index is 12.3. The van der Waals surface area contributed by atoms with Crippen molar-refractivity contribution in [2.45, 2.75) is 6.42 Å². The van der Waals surface area contributed by atoms with E-state index in [1.807, 2.05) is 30.3 Å². The smallest absolute Gasteiger partial charge is 0.289 e. The van der Waals surface area contributed by atoms with E-state index < -0.39 is 17.7 Å². The second-order valence-corrected chi connectivity index (χ2v) is 6.79. The number of aromatic nitrogens is 1. The van der Waals surface area contributed by atoms with E-state index in [0.717, 1.165) is 10.9 Å². The predicted molar refractivity (Wildman–Crippen MR) is 113 cm³/mol. The first kappa shape index (κ1) is 19.4. The second kappa shape index (κ2) is 8.60. The fourth-order valence-corrected chi connectivity index (χ4v) is 3.12. The molecule has 2 N–H and O–H groups in total. The van der Waals surface area contributed by atoms with Gasteiger partial charge < -0.3 is 10.6 Å². The lowest BCUT2D eigenvalue weighted by atomic mass is 9.96. The summed E-state index contributed by atoms with van der Waals surface area (Å²) in [6.45, 7) is 0.671. The Labute approximate surface area is 172 Å². The van der Waals surface area contributed by atoms with Gasteiger partial charge in [-0.1, -0.05) is 42.5 Å². The van der Waals surface area contributed by atoms with Crippen LogP contribution < -0.4 is 10.6 Å². The molecule has 1 atom stereocenters. The normalized spacial score (nSPS) is 17.2. The first-order valence-corrected chi connectivity index (χ1v) is 9.60. The lowest BCUT2D eigenvalue weighted by Crippen LogP contribution is -2.37. The molecule has 2 aromatic rings. The summed E-state index contributed by atoms with van der Waals surface area (Å²) >= 11 is 0. The summed E-state index contributed by atoms with van der Waals surface area (Å²) in [5.41, 5.74) is 1.61. The Hall–Kier alpha value is -3.94. The molecule has 1 aromatic heterocycles. The summed E-state index contributed by atoms with van der Waals surface area (Å²) in [5, 5.41) is 6.42. The van der Waals surface area contributed by atoms with E-state index in [1.165, 1.54) is 0 Å². The summed E-state index contributed by atoms with van der Waals surface area (Å²) < 4.78 is 0. The highest BCUT2D eigenvalue weighted by atomic mass is 16.2. The number of carbonyl (C=O) groups is 3. The molecule has 2 aliphatic rings. The third-order valence-electron chi connectivity index (χ3n) is 4.68. The summed E-state index contributed by atoms with van der Waals surface area (Å²) in [7, 11) is 0. The van der Waals surface area contributed by atoms with Crippen LogP contribution in [0.25, 0.3) is 10.9 Å². The number of allylic oxidation sites excluding steroid dienone is 3. The fraction of sp³-hybridized carbons (Fsp3) is 0.182. The number of hydrogen-bond acceptors (Lipinski definition) is 5. The number of aliphatic imine (C=N–C) groups is 2. The molecular weight excluding hydrogens is 382 g/mol. The quantitative estimate of drug-likeness (QED) is 0.716. The van der Waals surface area contributed by atoms with Gasteiger partial charge in [0, 0.05) is 18.5 Å². The van der Waals surface area contributed by atoms with Gasteiger partial charge in [-0.2, -0.15) is 4.99 Å². The fourth-order valence-electron chi connectivity index (χ4n) is 3.12. The Morgan fingerprint density at radius 3 is 2.60 bits per heavy atom. The molecule has 1 aromatic carbocycles.